The number of aromatic hydroxyl groups is 1. The van der Waals surface area contributed by atoms with E-state index in [4.69, 9.17) is 10.00 Å². The van der Waals surface area contributed by atoms with Crippen molar-refractivity contribution in [2.45, 2.75) is 20.0 Å². The molecule has 68 valence electrons. The highest BCUT2D eigenvalue weighted by Gasteiger charge is 2.08. The van der Waals surface area contributed by atoms with Gasteiger partial charge in [0.1, 0.15) is 6.07 Å². The molecule has 0 unspecified atom stereocenters. The minimum Gasteiger partial charge on any atom is -0.503 e. The molecule has 0 amide bonds. The highest BCUT2D eigenvalue weighted by atomic mass is 16.5. The van der Waals surface area contributed by atoms with Gasteiger partial charge in [0.2, 0.25) is 0 Å². The Labute approximate surface area is 77.2 Å². The third-order valence-electron chi connectivity index (χ3n) is 1.48. The SMILES string of the molecule is CC(C)Oc1cccc(C#N)c1O. The van der Waals surface area contributed by atoms with Crippen molar-refractivity contribution in [3.05, 3.63) is 23.8 Å². The summed E-state index contributed by atoms with van der Waals surface area (Å²) in [6.07, 6.45) is -0.0140. The van der Waals surface area contributed by atoms with E-state index in [1.54, 1.807) is 18.2 Å². The molecule has 0 spiro atoms. The zero-order valence-electron chi connectivity index (χ0n) is 7.61. The zero-order valence-corrected chi connectivity index (χ0v) is 7.61. The molecule has 0 fully saturated rings. The van der Waals surface area contributed by atoms with Crippen LogP contribution in [0, 0.1) is 11.3 Å². The Morgan fingerprint density at radius 1 is 1.46 bits per heavy atom. The van der Waals surface area contributed by atoms with Crippen LogP contribution in [0.15, 0.2) is 18.2 Å². The van der Waals surface area contributed by atoms with E-state index in [9.17, 15) is 5.11 Å². The molecular weight excluding hydrogens is 166 g/mol. The average Bonchev–Trinajstić information content (AvgIpc) is 2.08. The number of hydrogen-bond acceptors (Lipinski definition) is 3. The van der Waals surface area contributed by atoms with E-state index in [0.717, 1.165) is 0 Å². The van der Waals surface area contributed by atoms with Gasteiger partial charge in [-0.3, -0.25) is 0 Å². The van der Waals surface area contributed by atoms with Crippen molar-refractivity contribution in [2.75, 3.05) is 0 Å². The molecule has 0 atom stereocenters. The van der Waals surface area contributed by atoms with E-state index in [0.29, 0.717) is 5.75 Å². The molecule has 0 aliphatic heterocycles. The van der Waals surface area contributed by atoms with E-state index < -0.39 is 0 Å². The summed E-state index contributed by atoms with van der Waals surface area (Å²) >= 11 is 0. The second-order valence-corrected chi connectivity index (χ2v) is 2.93. The summed E-state index contributed by atoms with van der Waals surface area (Å²) in [4.78, 5) is 0. The van der Waals surface area contributed by atoms with Crippen LogP contribution in [0.5, 0.6) is 11.5 Å². The van der Waals surface area contributed by atoms with Gasteiger partial charge in [0.05, 0.1) is 11.7 Å². The first-order chi connectivity index (χ1) is 6.15. The van der Waals surface area contributed by atoms with Gasteiger partial charge in [-0.05, 0) is 26.0 Å². The first-order valence-electron chi connectivity index (χ1n) is 4.04. The Balaban J connectivity index is 3.03. The number of ether oxygens (including phenoxy) is 1. The summed E-state index contributed by atoms with van der Waals surface area (Å²) in [5, 5.41) is 18.1. The topological polar surface area (TPSA) is 53.2 Å². The quantitative estimate of drug-likeness (QED) is 0.752. The molecule has 1 aromatic carbocycles. The lowest BCUT2D eigenvalue weighted by Gasteiger charge is -2.11. The zero-order chi connectivity index (χ0) is 9.84. The maximum Gasteiger partial charge on any atom is 0.175 e. The standard InChI is InChI=1S/C10H11NO2/c1-7(2)13-9-5-3-4-8(6-11)10(9)12/h3-5,7,12H,1-2H3. The van der Waals surface area contributed by atoms with Gasteiger partial charge in [-0.15, -0.1) is 0 Å². The Morgan fingerprint density at radius 3 is 2.69 bits per heavy atom. The molecule has 0 radical (unpaired) electrons. The molecule has 1 rings (SSSR count). The Hall–Kier alpha value is -1.69. The van der Waals surface area contributed by atoms with Crippen LogP contribution in [0.2, 0.25) is 0 Å². The molecule has 0 aliphatic rings. The van der Waals surface area contributed by atoms with Crippen molar-refractivity contribution in [1.82, 2.24) is 0 Å². The van der Waals surface area contributed by atoms with Crippen LogP contribution in [0.4, 0.5) is 0 Å². The van der Waals surface area contributed by atoms with Crippen LogP contribution in [-0.4, -0.2) is 11.2 Å². The average molecular weight is 177 g/mol. The van der Waals surface area contributed by atoms with Gasteiger partial charge in [0, 0.05) is 0 Å². The Bertz CT molecular complexity index is 339. The fourth-order valence-electron chi connectivity index (χ4n) is 0.962. The minimum absolute atomic E-state index is 0.0140. The monoisotopic (exact) mass is 177 g/mol. The van der Waals surface area contributed by atoms with Crippen LogP contribution in [-0.2, 0) is 0 Å². The van der Waals surface area contributed by atoms with E-state index >= 15 is 0 Å². The molecule has 0 aliphatic carbocycles. The number of phenolic OH excluding ortho intramolecular Hbond substituents is 1. The molecule has 0 aromatic heterocycles. The highest BCUT2D eigenvalue weighted by molar-refractivity contribution is 5.51. The highest BCUT2D eigenvalue weighted by Crippen LogP contribution is 2.29. The number of rotatable bonds is 2. The summed E-state index contributed by atoms with van der Waals surface area (Å²) in [5.41, 5.74) is 0.234. The largest absolute Gasteiger partial charge is 0.503 e. The molecule has 0 saturated heterocycles. The number of nitrogens with zero attached hydrogens (tertiary/aromatic N) is 1. The smallest absolute Gasteiger partial charge is 0.175 e. The molecule has 3 heteroatoms. The third-order valence-corrected chi connectivity index (χ3v) is 1.48. The second kappa shape index (κ2) is 3.81. The molecular formula is C10H11NO2. The van der Waals surface area contributed by atoms with Crippen LogP contribution >= 0.6 is 0 Å². The molecule has 13 heavy (non-hydrogen) atoms. The summed E-state index contributed by atoms with van der Waals surface area (Å²) < 4.78 is 5.29. The number of phenols is 1. The lowest BCUT2D eigenvalue weighted by atomic mass is 10.2. The van der Waals surface area contributed by atoms with Crippen molar-refractivity contribution >= 4 is 0 Å². The lowest BCUT2D eigenvalue weighted by Crippen LogP contribution is -2.05. The van der Waals surface area contributed by atoms with Crippen molar-refractivity contribution in [2.24, 2.45) is 0 Å². The molecule has 1 aromatic rings. The minimum atomic E-state index is -0.0845. The first kappa shape index (κ1) is 9.40. The predicted molar refractivity (Wildman–Crippen MR) is 48.6 cm³/mol. The number of benzene rings is 1. The first-order valence-corrected chi connectivity index (χ1v) is 4.04. The van der Waals surface area contributed by atoms with Crippen molar-refractivity contribution in [3.63, 3.8) is 0 Å². The van der Waals surface area contributed by atoms with E-state index in [1.807, 2.05) is 19.9 Å². The van der Waals surface area contributed by atoms with E-state index in [-0.39, 0.29) is 17.4 Å². The van der Waals surface area contributed by atoms with Crippen LogP contribution in [0.1, 0.15) is 19.4 Å². The number of hydrogen-bond donors (Lipinski definition) is 1. The van der Waals surface area contributed by atoms with Crippen LogP contribution in [0.3, 0.4) is 0 Å². The van der Waals surface area contributed by atoms with E-state index in [2.05, 4.69) is 0 Å². The molecule has 0 bridgehead atoms. The fraction of sp³-hybridized carbons (Fsp3) is 0.300. The number of nitriles is 1. The molecule has 1 N–H and O–H groups in total. The van der Waals surface area contributed by atoms with Crippen molar-refractivity contribution in [1.29, 1.82) is 5.26 Å². The summed E-state index contributed by atoms with van der Waals surface area (Å²) in [5.74, 6) is 0.271. The third kappa shape index (κ3) is 2.12. The van der Waals surface area contributed by atoms with Crippen LogP contribution < -0.4 is 4.74 Å². The van der Waals surface area contributed by atoms with Gasteiger partial charge >= 0.3 is 0 Å². The predicted octanol–water partition coefficient (Wildman–Crippen LogP) is 2.05. The summed E-state index contributed by atoms with van der Waals surface area (Å²) in [7, 11) is 0. The Kier molecular flexibility index (Phi) is 2.76. The maximum atomic E-state index is 9.49. The molecule has 0 heterocycles. The Morgan fingerprint density at radius 2 is 2.15 bits per heavy atom. The van der Waals surface area contributed by atoms with Gasteiger partial charge in [-0.2, -0.15) is 5.26 Å². The van der Waals surface area contributed by atoms with Crippen LogP contribution in [0.25, 0.3) is 0 Å². The second-order valence-electron chi connectivity index (χ2n) is 2.93. The van der Waals surface area contributed by atoms with Gasteiger partial charge in [-0.1, -0.05) is 6.07 Å². The fourth-order valence-corrected chi connectivity index (χ4v) is 0.962. The van der Waals surface area contributed by atoms with E-state index in [1.165, 1.54) is 0 Å². The summed E-state index contributed by atoms with van der Waals surface area (Å²) in [6, 6.07) is 6.73. The lowest BCUT2D eigenvalue weighted by molar-refractivity contribution is 0.231. The number of para-hydroxylation sites is 1. The van der Waals surface area contributed by atoms with Gasteiger partial charge in [-0.25, -0.2) is 0 Å². The van der Waals surface area contributed by atoms with Gasteiger partial charge in [0.15, 0.2) is 11.5 Å². The maximum absolute atomic E-state index is 9.49. The molecule has 3 nitrogen and oxygen atoms in total. The van der Waals surface area contributed by atoms with Gasteiger partial charge in [0.25, 0.3) is 0 Å². The summed E-state index contributed by atoms with van der Waals surface area (Å²) in [6.45, 7) is 3.72. The normalized spacial score (nSPS) is 9.69. The van der Waals surface area contributed by atoms with Crippen molar-refractivity contribution < 1.29 is 9.84 Å². The van der Waals surface area contributed by atoms with Gasteiger partial charge < -0.3 is 9.84 Å². The van der Waals surface area contributed by atoms with Crippen molar-refractivity contribution in [3.8, 4) is 17.6 Å². The molecule has 0 saturated carbocycles.